The predicted molar refractivity (Wildman–Crippen MR) is 96.1 cm³/mol. The molecule has 7 heteroatoms. The molecule has 0 spiro atoms. The Morgan fingerprint density at radius 1 is 1.04 bits per heavy atom. The molecule has 0 N–H and O–H groups in total. The van der Waals surface area contributed by atoms with E-state index < -0.39 is 0 Å². The van der Waals surface area contributed by atoms with E-state index in [2.05, 4.69) is 20.1 Å². The van der Waals surface area contributed by atoms with Gasteiger partial charge in [-0.2, -0.15) is 5.10 Å². The van der Waals surface area contributed by atoms with Crippen LogP contribution in [0.1, 0.15) is 5.56 Å². The molecule has 2 aromatic carbocycles. The molecule has 122 valence electrons. The molecule has 0 amide bonds. The molecule has 0 aliphatic heterocycles. The monoisotopic (exact) mass is 349 g/mol. The minimum atomic E-state index is -0.272. The van der Waals surface area contributed by atoms with Crippen LogP contribution in [0.5, 0.6) is 0 Å². The fourth-order valence-corrected chi connectivity index (χ4v) is 3.15. The summed E-state index contributed by atoms with van der Waals surface area (Å²) in [6, 6.07) is 16.0. The molecule has 4 rings (SSSR count). The first-order valence-electron chi connectivity index (χ1n) is 7.50. The van der Waals surface area contributed by atoms with Crippen LogP contribution in [0.15, 0.2) is 72.2 Å². The molecule has 0 aliphatic carbocycles. The average Bonchev–Trinajstić information content (AvgIpc) is 3.31. The molecule has 0 saturated heterocycles. The minimum absolute atomic E-state index is 0.272. The Hall–Kier alpha value is -3.19. The van der Waals surface area contributed by atoms with Gasteiger partial charge < -0.3 is 0 Å². The molecule has 0 saturated carbocycles. The van der Waals surface area contributed by atoms with Gasteiger partial charge in [-0.25, -0.2) is 24.0 Å². The van der Waals surface area contributed by atoms with E-state index in [0.29, 0.717) is 5.13 Å². The number of nitrogens with zero attached hydrogens (tertiary/aromatic N) is 5. The number of hydrogen-bond acceptors (Lipinski definition) is 5. The van der Waals surface area contributed by atoms with E-state index in [1.807, 2.05) is 30.3 Å². The standard InChI is InChI=1S/C18H12FN5S/c19-15-8-6-13(7-9-15)10-21-18-23-16(14-4-2-1-3-5-14)17(25-18)24-12-20-11-22-24/h1-12H. The third-order valence-electron chi connectivity index (χ3n) is 3.47. The van der Waals surface area contributed by atoms with Gasteiger partial charge in [-0.3, -0.25) is 0 Å². The van der Waals surface area contributed by atoms with Crippen LogP contribution in [0.4, 0.5) is 9.52 Å². The van der Waals surface area contributed by atoms with Crippen LogP contribution in [0, 0.1) is 5.82 Å². The van der Waals surface area contributed by atoms with Gasteiger partial charge in [-0.1, -0.05) is 53.8 Å². The van der Waals surface area contributed by atoms with Gasteiger partial charge in [-0.05, 0) is 17.7 Å². The Morgan fingerprint density at radius 3 is 2.56 bits per heavy atom. The Balaban J connectivity index is 1.73. The maximum Gasteiger partial charge on any atom is 0.211 e. The van der Waals surface area contributed by atoms with Gasteiger partial charge in [0.25, 0.3) is 0 Å². The summed E-state index contributed by atoms with van der Waals surface area (Å²) < 4.78 is 14.7. The lowest BCUT2D eigenvalue weighted by molar-refractivity contribution is 0.628. The Morgan fingerprint density at radius 2 is 1.84 bits per heavy atom. The van der Waals surface area contributed by atoms with Crippen molar-refractivity contribution in [2.24, 2.45) is 4.99 Å². The maximum atomic E-state index is 13.0. The van der Waals surface area contributed by atoms with Gasteiger partial charge >= 0.3 is 0 Å². The zero-order valence-corrected chi connectivity index (χ0v) is 13.8. The van der Waals surface area contributed by atoms with Crippen LogP contribution in [0.25, 0.3) is 16.3 Å². The average molecular weight is 349 g/mol. The van der Waals surface area contributed by atoms with E-state index in [-0.39, 0.29) is 5.82 Å². The van der Waals surface area contributed by atoms with E-state index in [1.54, 1.807) is 29.4 Å². The summed E-state index contributed by atoms with van der Waals surface area (Å²) in [4.78, 5) is 13.0. The molecular weight excluding hydrogens is 337 g/mol. The van der Waals surface area contributed by atoms with E-state index in [1.165, 1.54) is 29.8 Å². The number of benzene rings is 2. The van der Waals surface area contributed by atoms with Crippen molar-refractivity contribution in [1.82, 2.24) is 19.7 Å². The fourth-order valence-electron chi connectivity index (χ4n) is 2.29. The van der Waals surface area contributed by atoms with Crippen molar-refractivity contribution in [2.75, 3.05) is 0 Å². The van der Waals surface area contributed by atoms with E-state index >= 15 is 0 Å². The largest absolute Gasteiger partial charge is 0.227 e. The number of thiazole rings is 1. The molecule has 0 unspecified atom stereocenters. The van der Waals surface area contributed by atoms with E-state index in [9.17, 15) is 4.39 Å². The summed E-state index contributed by atoms with van der Waals surface area (Å²) in [5, 5.41) is 5.63. The third kappa shape index (κ3) is 3.36. The van der Waals surface area contributed by atoms with Crippen LogP contribution < -0.4 is 0 Å². The number of hydrogen-bond donors (Lipinski definition) is 0. The predicted octanol–water partition coefficient (Wildman–Crippen LogP) is 4.28. The molecule has 0 fully saturated rings. The van der Waals surface area contributed by atoms with Crippen molar-refractivity contribution < 1.29 is 4.39 Å². The van der Waals surface area contributed by atoms with Crippen molar-refractivity contribution >= 4 is 22.7 Å². The number of rotatable bonds is 4. The van der Waals surface area contributed by atoms with Crippen molar-refractivity contribution in [3.05, 3.63) is 78.6 Å². The summed E-state index contributed by atoms with van der Waals surface area (Å²) in [5.41, 5.74) is 2.58. The van der Waals surface area contributed by atoms with Crippen LogP contribution in [-0.2, 0) is 0 Å². The second-order valence-electron chi connectivity index (χ2n) is 5.17. The summed E-state index contributed by atoms with van der Waals surface area (Å²) in [7, 11) is 0. The molecule has 2 aromatic heterocycles. The molecule has 4 aromatic rings. The van der Waals surface area contributed by atoms with Gasteiger partial charge in [0.1, 0.15) is 29.2 Å². The topological polar surface area (TPSA) is 56.0 Å². The third-order valence-corrected chi connectivity index (χ3v) is 4.42. The molecule has 25 heavy (non-hydrogen) atoms. The van der Waals surface area contributed by atoms with Crippen LogP contribution in [-0.4, -0.2) is 26.0 Å². The highest BCUT2D eigenvalue weighted by molar-refractivity contribution is 7.18. The summed E-state index contributed by atoms with van der Waals surface area (Å²) in [6.45, 7) is 0. The second-order valence-corrected chi connectivity index (χ2v) is 6.12. The van der Waals surface area contributed by atoms with Gasteiger partial charge in [0.05, 0.1) is 0 Å². The summed E-state index contributed by atoms with van der Waals surface area (Å²) in [6.07, 6.45) is 4.78. The molecule has 5 nitrogen and oxygen atoms in total. The lowest BCUT2D eigenvalue weighted by Crippen LogP contribution is -1.93. The first-order chi connectivity index (χ1) is 12.3. The zero-order chi connectivity index (χ0) is 17.1. The molecule has 0 atom stereocenters. The maximum absolute atomic E-state index is 13.0. The Kier molecular flexibility index (Phi) is 4.14. The highest BCUT2D eigenvalue weighted by Gasteiger charge is 2.14. The van der Waals surface area contributed by atoms with Crippen LogP contribution in [0.2, 0.25) is 0 Å². The van der Waals surface area contributed by atoms with E-state index in [4.69, 9.17) is 0 Å². The molecule has 0 aliphatic rings. The number of aromatic nitrogens is 4. The quantitative estimate of drug-likeness (QED) is 0.517. The normalized spacial score (nSPS) is 11.2. The Labute approximate surface area is 147 Å². The smallest absolute Gasteiger partial charge is 0.211 e. The van der Waals surface area contributed by atoms with Crippen molar-refractivity contribution in [3.63, 3.8) is 0 Å². The molecule has 2 heterocycles. The first-order valence-corrected chi connectivity index (χ1v) is 8.32. The number of aliphatic imine (C=N–C) groups is 1. The summed E-state index contributed by atoms with van der Waals surface area (Å²) >= 11 is 1.41. The fraction of sp³-hybridized carbons (Fsp3) is 0. The summed E-state index contributed by atoms with van der Waals surface area (Å²) in [5.74, 6) is -0.272. The van der Waals surface area contributed by atoms with Crippen LogP contribution in [0.3, 0.4) is 0 Å². The zero-order valence-electron chi connectivity index (χ0n) is 13.0. The van der Waals surface area contributed by atoms with Gasteiger partial charge in [0.15, 0.2) is 0 Å². The van der Waals surface area contributed by atoms with Crippen molar-refractivity contribution in [1.29, 1.82) is 0 Å². The van der Waals surface area contributed by atoms with Gasteiger partial charge in [0.2, 0.25) is 5.13 Å². The molecule has 0 radical (unpaired) electrons. The highest BCUT2D eigenvalue weighted by atomic mass is 32.1. The van der Waals surface area contributed by atoms with Crippen molar-refractivity contribution in [2.45, 2.75) is 0 Å². The SMILES string of the molecule is Fc1ccc(C=Nc2nc(-c3ccccc3)c(-n3cncn3)s2)cc1. The van der Waals surface area contributed by atoms with E-state index in [0.717, 1.165) is 21.8 Å². The highest BCUT2D eigenvalue weighted by Crippen LogP contribution is 2.35. The van der Waals surface area contributed by atoms with Crippen LogP contribution >= 0.6 is 11.3 Å². The Bertz CT molecular complexity index is 992. The van der Waals surface area contributed by atoms with Gasteiger partial charge in [0, 0.05) is 11.8 Å². The lowest BCUT2D eigenvalue weighted by atomic mass is 10.2. The van der Waals surface area contributed by atoms with Crippen molar-refractivity contribution in [3.8, 4) is 16.3 Å². The first kappa shape index (κ1) is 15.3. The molecular formula is C18H12FN5S. The lowest BCUT2D eigenvalue weighted by Gasteiger charge is -2.00. The minimum Gasteiger partial charge on any atom is -0.227 e. The van der Waals surface area contributed by atoms with Gasteiger partial charge in [-0.15, -0.1) is 0 Å². The molecule has 0 bridgehead atoms. The second kappa shape index (κ2) is 6.74. The number of halogens is 1.